The van der Waals surface area contributed by atoms with E-state index in [1.165, 1.54) is 51.4 Å². The average molecular weight is 527 g/mol. The molecule has 1 aromatic carbocycles. The van der Waals surface area contributed by atoms with Gasteiger partial charge in [0.1, 0.15) is 5.75 Å². The summed E-state index contributed by atoms with van der Waals surface area (Å²) in [4.78, 5) is 11.5. The fraction of sp³-hybridized carbons (Fsp3) is 0.656. The first kappa shape index (κ1) is 31.6. The monoisotopic (exact) mass is 526 g/mol. The largest absolute Gasteiger partial charge is 0.494 e. The van der Waals surface area contributed by atoms with E-state index in [0.717, 1.165) is 62.1 Å². The van der Waals surface area contributed by atoms with Crippen molar-refractivity contribution in [2.75, 3.05) is 13.2 Å². The van der Waals surface area contributed by atoms with Crippen LogP contribution in [-0.4, -0.2) is 35.5 Å². The Bertz CT molecular complexity index is 855. The van der Waals surface area contributed by atoms with Crippen LogP contribution in [0, 0.1) is 0 Å². The topological polar surface area (TPSA) is 70.5 Å². The molecule has 0 N–H and O–H groups in total. The van der Waals surface area contributed by atoms with Gasteiger partial charge in [-0.3, -0.25) is 4.79 Å². The summed E-state index contributed by atoms with van der Waals surface area (Å²) < 4.78 is 17.0. The van der Waals surface area contributed by atoms with Crippen molar-refractivity contribution < 1.29 is 19.0 Å². The fourth-order valence-corrected chi connectivity index (χ4v) is 4.31. The summed E-state index contributed by atoms with van der Waals surface area (Å²) >= 11 is 0. The summed E-state index contributed by atoms with van der Waals surface area (Å²) in [5.41, 5.74) is 1.85. The highest BCUT2D eigenvalue weighted by Crippen LogP contribution is 2.22. The van der Waals surface area contributed by atoms with Crippen molar-refractivity contribution in [3.8, 4) is 22.9 Å². The molecule has 1 atom stereocenters. The zero-order valence-electron chi connectivity index (χ0n) is 24.1. The maximum absolute atomic E-state index is 11.5. The Labute approximate surface area is 230 Å². The summed E-state index contributed by atoms with van der Waals surface area (Å²) in [5, 5.41) is 8.57. The molecule has 0 bridgehead atoms. The fourth-order valence-electron chi connectivity index (χ4n) is 4.31. The molecule has 1 unspecified atom stereocenters. The molecule has 0 amide bonds. The van der Waals surface area contributed by atoms with E-state index in [4.69, 9.17) is 14.2 Å². The normalized spacial score (nSPS) is 11.8. The number of esters is 1. The standard InChI is InChI=1S/C32H50N2O4/c1-4-6-7-8-12-15-25-36-29-21-19-28(20-22-29)30-23-24-31(34-33-30)37-26-16-13-10-9-11-14-18-27(3)38-32(35)17-5-2/h19-24,27H,4-18,25-26H2,1-3H3. The molecular weight excluding hydrogens is 476 g/mol. The minimum atomic E-state index is -0.0718. The molecule has 2 aromatic rings. The van der Waals surface area contributed by atoms with Crippen LogP contribution < -0.4 is 9.47 Å². The highest BCUT2D eigenvalue weighted by atomic mass is 16.5. The maximum Gasteiger partial charge on any atom is 0.306 e. The predicted octanol–water partition coefficient (Wildman–Crippen LogP) is 8.72. The number of hydrogen-bond donors (Lipinski definition) is 0. The van der Waals surface area contributed by atoms with Crippen LogP contribution in [0.1, 0.15) is 117 Å². The Morgan fingerprint density at radius 3 is 1.97 bits per heavy atom. The molecule has 0 radical (unpaired) electrons. The van der Waals surface area contributed by atoms with Crippen molar-refractivity contribution in [3.05, 3.63) is 36.4 Å². The number of aromatic nitrogens is 2. The third kappa shape index (κ3) is 14.3. The van der Waals surface area contributed by atoms with Crippen LogP contribution >= 0.6 is 0 Å². The number of carbonyl (C=O) groups is 1. The summed E-state index contributed by atoms with van der Waals surface area (Å²) in [6, 6.07) is 11.9. The molecule has 2 rings (SSSR count). The summed E-state index contributed by atoms with van der Waals surface area (Å²) in [5.74, 6) is 1.40. The van der Waals surface area contributed by atoms with E-state index in [1.807, 2.05) is 50.2 Å². The number of hydrogen-bond acceptors (Lipinski definition) is 6. The lowest BCUT2D eigenvalue weighted by Crippen LogP contribution is -2.14. The number of nitrogens with zero attached hydrogens (tertiary/aromatic N) is 2. The number of unbranched alkanes of at least 4 members (excludes halogenated alkanes) is 10. The quantitative estimate of drug-likeness (QED) is 0.113. The molecular formula is C32H50N2O4. The molecule has 0 aliphatic carbocycles. The minimum absolute atomic E-state index is 0.0306. The number of ether oxygens (including phenoxy) is 3. The lowest BCUT2D eigenvalue weighted by atomic mass is 10.1. The van der Waals surface area contributed by atoms with E-state index < -0.39 is 0 Å². The third-order valence-electron chi connectivity index (χ3n) is 6.60. The van der Waals surface area contributed by atoms with E-state index >= 15 is 0 Å². The van der Waals surface area contributed by atoms with Crippen LogP contribution in [0.4, 0.5) is 0 Å². The Morgan fingerprint density at radius 1 is 0.711 bits per heavy atom. The predicted molar refractivity (Wildman–Crippen MR) is 155 cm³/mol. The third-order valence-corrected chi connectivity index (χ3v) is 6.60. The molecule has 0 saturated carbocycles. The summed E-state index contributed by atoms with van der Waals surface area (Å²) in [6.07, 6.45) is 16.8. The molecule has 0 spiro atoms. The van der Waals surface area contributed by atoms with Gasteiger partial charge in [0, 0.05) is 18.1 Å². The second kappa shape index (κ2) is 20.3. The van der Waals surface area contributed by atoms with Gasteiger partial charge in [-0.05, 0) is 69.4 Å². The van der Waals surface area contributed by atoms with Crippen LogP contribution in [0.5, 0.6) is 11.6 Å². The molecule has 0 fully saturated rings. The molecule has 6 heteroatoms. The molecule has 0 aliphatic heterocycles. The highest BCUT2D eigenvalue weighted by molar-refractivity contribution is 5.69. The van der Waals surface area contributed by atoms with Gasteiger partial charge in [-0.15, -0.1) is 10.2 Å². The van der Waals surface area contributed by atoms with Crippen LogP contribution in [0.15, 0.2) is 36.4 Å². The van der Waals surface area contributed by atoms with Crippen LogP contribution in [0.25, 0.3) is 11.3 Å². The first-order valence-corrected chi connectivity index (χ1v) is 15.0. The van der Waals surface area contributed by atoms with Gasteiger partial charge in [0.2, 0.25) is 5.88 Å². The first-order chi connectivity index (χ1) is 18.6. The van der Waals surface area contributed by atoms with Crippen molar-refractivity contribution in [3.63, 3.8) is 0 Å². The summed E-state index contributed by atoms with van der Waals surface area (Å²) in [6.45, 7) is 7.66. The van der Waals surface area contributed by atoms with Crippen LogP contribution in [-0.2, 0) is 9.53 Å². The van der Waals surface area contributed by atoms with Crippen molar-refractivity contribution >= 4 is 5.97 Å². The SMILES string of the molecule is CCCCCCCCOc1ccc(-c2ccc(OCCCCCCCCC(C)OC(=O)CCC)nn2)cc1. The Kier molecular flexibility index (Phi) is 16.9. The van der Waals surface area contributed by atoms with E-state index in [-0.39, 0.29) is 12.1 Å². The lowest BCUT2D eigenvalue weighted by molar-refractivity contribution is -0.148. The van der Waals surface area contributed by atoms with Gasteiger partial charge in [-0.1, -0.05) is 71.6 Å². The Balaban J connectivity index is 1.52. The lowest BCUT2D eigenvalue weighted by Gasteiger charge is -2.12. The van der Waals surface area contributed by atoms with Gasteiger partial charge in [0.15, 0.2) is 0 Å². The van der Waals surface area contributed by atoms with Gasteiger partial charge >= 0.3 is 5.97 Å². The Hall–Kier alpha value is -2.63. The van der Waals surface area contributed by atoms with Crippen molar-refractivity contribution in [2.45, 2.75) is 123 Å². The smallest absolute Gasteiger partial charge is 0.306 e. The van der Waals surface area contributed by atoms with Crippen molar-refractivity contribution in [2.24, 2.45) is 0 Å². The molecule has 1 heterocycles. The van der Waals surface area contributed by atoms with Crippen LogP contribution in [0.2, 0.25) is 0 Å². The number of benzene rings is 1. The summed E-state index contributed by atoms with van der Waals surface area (Å²) in [7, 11) is 0. The minimum Gasteiger partial charge on any atom is -0.494 e. The van der Waals surface area contributed by atoms with E-state index in [9.17, 15) is 4.79 Å². The van der Waals surface area contributed by atoms with Gasteiger partial charge in [0.05, 0.1) is 25.0 Å². The van der Waals surface area contributed by atoms with Crippen molar-refractivity contribution in [1.29, 1.82) is 0 Å². The van der Waals surface area contributed by atoms with E-state index in [2.05, 4.69) is 17.1 Å². The second-order valence-electron chi connectivity index (χ2n) is 10.2. The molecule has 0 saturated heterocycles. The van der Waals surface area contributed by atoms with E-state index in [0.29, 0.717) is 18.9 Å². The van der Waals surface area contributed by atoms with E-state index in [1.54, 1.807) is 0 Å². The number of rotatable bonds is 22. The highest BCUT2D eigenvalue weighted by Gasteiger charge is 2.08. The average Bonchev–Trinajstić information content (AvgIpc) is 2.92. The molecule has 6 nitrogen and oxygen atoms in total. The van der Waals surface area contributed by atoms with Gasteiger partial charge in [0.25, 0.3) is 0 Å². The Morgan fingerprint density at radius 2 is 1.34 bits per heavy atom. The maximum atomic E-state index is 11.5. The molecule has 38 heavy (non-hydrogen) atoms. The van der Waals surface area contributed by atoms with Gasteiger partial charge < -0.3 is 14.2 Å². The van der Waals surface area contributed by atoms with Gasteiger partial charge in [-0.25, -0.2) is 0 Å². The molecule has 1 aromatic heterocycles. The van der Waals surface area contributed by atoms with Crippen LogP contribution in [0.3, 0.4) is 0 Å². The van der Waals surface area contributed by atoms with Crippen molar-refractivity contribution in [1.82, 2.24) is 10.2 Å². The first-order valence-electron chi connectivity index (χ1n) is 15.0. The zero-order valence-corrected chi connectivity index (χ0v) is 24.1. The molecule has 0 aliphatic rings. The zero-order chi connectivity index (χ0) is 27.3. The van der Waals surface area contributed by atoms with Gasteiger partial charge in [-0.2, -0.15) is 0 Å². The number of carbonyl (C=O) groups excluding carboxylic acids is 1. The molecule has 212 valence electrons. The second-order valence-corrected chi connectivity index (χ2v) is 10.2.